The van der Waals surface area contributed by atoms with E-state index in [-0.39, 0.29) is 0 Å². The smallest absolute Gasteiger partial charge is 0.322 e. The molecule has 7 nitrogen and oxygen atoms in total. The van der Waals surface area contributed by atoms with Crippen molar-refractivity contribution >= 4 is 17.9 Å². The van der Waals surface area contributed by atoms with E-state index in [2.05, 4.69) is 0 Å². The maximum Gasteiger partial charge on any atom is 0.322 e. The second-order valence-corrected chi connectivity index (χ2v) is 2.02. The number of carboxylic acids is 3. The van der Waals surface area contributed by atoms with E-state index in [0.29, 0.717) is 0 Å². The van der Waals surface area contributed by atoms with Crippen LogP contribution in [0.1, 0.15) is 0 Å². The average molecular weight is 177 g/mol. The van der Waals surface area contributed by atoms with Gasteiger partial charge in [0, 0.05) is 0 Å². The van der Waals surface area contributed by atoms with E-state index in [4.69, 9.17) is 21.1 Å². The Hall–Kier alpha value is -1.63. The molecular formula is C5H7NO6. The lowest BCUT2D eigenvalue weighted by Gasteiger charge is -2.10. The summed E-state index contributed by atoms with van der Waals surface area (Å²) in [4.78, 5) is 30.4. The van der Waals surface area contributed by atoms with Crippen LogP contribution in [0.2, 0.25) is 0 Å². The fourth-order valence-electron chi connectivity index (χ4n) is 0.555. The molecule has 0 aliphatic heterocycles. The van der Waals surface area contributed by atoms with Crippen molar-refractivity contribution in [1.82, 2.24) is 0 Å². The highest BCUT2D eigenvalue weighted by Gasteiger charge is 2.36. The Morgan fingerprint density at radius 1 is 0.917 bits per heavy atom. The van der Waals surface area contributed by atoms with Gasteiger partial charge in [-0.3, -0.25) is 14.4 Å². The van der Waals surface area contributed by atoms with Crippen LogP contribution in [0.5, 0.6) is 0 Å². The van der Waals surface area contributed by atoms with Gasteiger partial charge in [-0.05, 0) is 0 Å². The summed E-state index contributed by atoms with van der Waals surface area (Å²) in [5.41, 5.74) is 4.80. The van der Waals surface area contributed by atoms with E-state index < -0.39 is 29.9 Å². The number of nitrogens with two attached hydrogens (primary N) is 1. The van der Waals surface area contributed by atoms with E-state index in [0.717, 1.165) is 0 Å². The standard InChI is InChI=1S/C5H7NO6/c6-2(5(11)12)1(3(7)8)4(9)10/h1-2H,6H2,(H,7,8)(H,9,10)(H,11,12)/t2-/m0/s1. The number of hydrogen-bond donors (Lipinski definition) is 4. The summed E-state index contributed by atoms with van der Waals surface area (Å²) >= 11 is 0. The zero-order valence-corrected chi connectivity index (χ0v) is 5.80. The van der Waals surface area contributed by atoms with Gasteiger partial charge in [0.15, 0.2) is 5.92 Å². The molecule has 1 atom stereocenters. The van der Waals surface area contributed by atoms with Crippen LogP contribution in [-0.4, -0.2) is 39.3 Å². The van der Waals surface area contributed by atoms with Crippen molar-refractivity contribution in [2.45, 2.75) is 6.04 Å². The lowest BCUT2D eigenvalue weighted by atomic mass is 10.0. The summed E-state index contributed by atoms with van der Waals surface area (Å²) in [6.45, 7) is 0. The molecule has 0 saturated heterocycles. The molecule has 0 aliphatic carbocycles. The van der Waals surface area contributed by atoms with Gasteiger partial charge in [-0.15, -0.1) is 0 Å². The summed E-state index contributed by atoms with van der Waals surface area (Å²) in [7, 11) is 0. The fraction of sp³-hybridized carbons (Fsp3) is 0.400. The van der Waals surface area contributed by atoms with Crippen molar-refractivity contribution in [2.75, 3.05) is 0 Å². The van der Waals surface area contributed by atoms with Crippen molar-refractivity contribution in [2.24, 2.45) is 11.7 Å². The highest BCUT2D eigenvalue weighted by atomic mass is 16.4. The molecule has 0 unspecified atom stereocenters. The van der Waals surface area contributed by atoms with Crippen LogP contribution >= 0.6 is 0 Å². The van der Waals surface area contributed by atoms with Crippen molar-refractivity contribution in [3.63, 3.8) is 0 Å². The molecule has 5 N–H and O–H groups in total. The minimum Gasteiger partial charge on any atom is -0.481 e. The number of carboxylic acid groups (broad SMARTS) is 3. The highest BCUT2D eigenvalue weighted by molar-refractivity contribution is 5.98. The average Bonchev–Trinajstić information content (AvgIpc) is 1.85. The highest BCUT2D eigenvalue weighted by Crippen LogP contribution is 2.02. The molecule has 0 heterocycles. The number of carbonyl (C=O) groups is 3. The lowest BCUT2D eigenvalue weighted by molar-refractivity contribution is -0.160. The minimum atomic E-state index is -2.11. The van der Waals surface area contributed by atoms with Gasteiger partial charge in [0.2, 0.25) is 0 Å². The third-order valence-corrected chi connectivity index (χ3v) is 1.18. The summed E-state index contributed by atoms with van der Waals surface area (Å²) in [5, 5.41) is 24.7. The van der Waals surface area contributed by atoms with Gasteiger partial charge in [0.1, 0.15) is 6.04 Å². The molecule has 7 heteroatoms. The topological polar surface area (TPSA) is 138 Å². The first kappa shape index (κ1) is 10.4. The van der Waals surface area contributed by atoms with Gasteiger partial charge < -0.3 is 21.1 Å². The second kappa shape index (κ2) is 3.67. The molecule has 0 aromatic rings. The molecule has 0 radical (unpaired) electrons. The van der Waals surface area contributed by atoms with Crippen LogP contribution in [0, 0.1) is 5.92 Å². The molecule has 0 fully saturated rings. The Bertz CT molecular complexity index is 210. The predicted molar refractivity (Wildman–Crippen MR) is 34.4 cm³/mol. The largest absolute Gasteiger partial charge is 0.481 e. The summed E-state index contributed by atoms with van der Waals surface area (Å²) in [6.07, 6.45) is 0. The van der Waals surface area contributed by atoms with Gasteiger partial charge in [-0.1, -0.05) is 0 Å². The molecule has 12 heavy (non-hydrogen) atoms. The number of hydrogen-bond acceptors (Lipinski definition) is 4. The van der Waals surface area contributed by atoms with Crippen molar-refractivity contribution in [3.8, 4) is 0 Å². The van der Waals surface area contributed by atoms with Gasteiger partial charge in [-0.25, -0.2) is 0 Å². The minimum absolute atomic E-state index is 1.66. The maximum atomic E-state index is 10.2. The summed E-state index contributed by atoms with van der Waals surface area (Å²) in [6, 6.07) is -1.93. The lowest BCUT2D eigenvalue weighted by Crippen LogP contribution is -2.46. The zero-order valence-electron chi connectivity index (χ0n) is 5.80. The van der Waals surface area contributed by atoms with Gasteiger partial charge in [0.25, 0.3) is 0 Å². The summed E-state index contributed by atoms with van der Waals surface area (Å²) in [5.74, 6) is -7.30. The van der Waals surface area contributed by atoms with E-state index in [1.165, 1.54) is 0 Å². The van der Waals surface area contributed by atoms with E-state index in [1.807, 2.05) is 0 Å². The second-order valence-electron chi connectivity index (χ2n) is 2.02. The third-order valence-electron chi connectivity index (χ3n) is 1.18. The molecule has 0 spiro atoms. The van der Waals surface area contributed by atoms with Gasteiger partial charge in [-0.2, -0.15) is 0 Å². The van der Waals surface area contributed by atoms with Crippen LogP contribution < -0.4 is 5.73 Å². The summed E-state index contributed by atoms with van der Waals surface area (Å²) < 4.78 is 0. The quantitative estimate of drug-likeness (QED) is 0.371. The van der Waals surface area contributed by atoms with Crippen molar-refractivity contribution in [1.29, 1.82) is 0 Å². The Labute approximate surface area is 66.4 Å². The number of rotatable bonds is 4. The van der Waals surface area contributed by atoms with Crippen LogP contribution in [-0.2, 0) is 14.4 Å². The van der Waals surface area contributed by atoms with E-state index in [1.54, 1.807) is 0 Å². The Morgan fingerprint density at radius 3 is 1.33 bits per heavy atom. The molecule has 0 bridgehead atoms. The van der Waals surface area contributed by atoms with Gasteiger partial charge in [0.05, 0.1) is 0 Å². The van der Waals surface area contributed by atoms with E-state index in [9.17, 15) is 14.4 Å². The van der Waals surface area contributed by atoms with Crippen LogP contribution in [0.25, 0.3) is 0 Å². The first-order valence-electron chi connectivity index (χ1n) is 2.82. The molecule has 0 amide bonds. The predicted octanol–water partition coefficient (Wildman–Crippen LogP) is -1.82. The first-order chi connectivity index (χ1) is 5.37. The normalized spacial score (nSPS) is 12.5. The van der Waals surface area contributed by atoms with Gasteiger partial charge >= 0.3 is 17.9 Å². The first-order valence-corrected chi connectivity index (χ1v) is 2.82. The van der Waals surface area contributed by atoms with Crippen molar-refractivity contribution < 1.29 is 29.7 Å². The van der Waals surface area contributed by atoms with Crippen molar-refractivity contribution in [3.05, 3.63) is 0 Å². The monoisotopic (exact) mass is 177 g/mol. The van der Waals surface area contributed by atoms with Crippen LogP contribution in [0.3, 0.4) is 0 Å². The number of aliphatic carboxylic acids is 3. The molecular weight excluding hydrogens is 170 g/mol. The third kappa shape index (κ3) is 2.20. The Balaban J connectivity index is 4.63. The molecule has 0 aliphatic rings. The Kier molecular flexibility index (Phi) is 3.17. The molecule has 0 saturated carbocycles. The maximum absolute atomic E-state index is 10.2. The van der Waals surface area contributed by atoms with Crippen LogP contribution in [0.15, 0.2) is 0 Å². The Morgan fingerprint density at radius 2 is 1.25 bits per heavy atom. The molecule has 0 rings (SSSR count). The molecule has 0 aromatic heterocycles. The van der Waals surface area contributed by atoms with E-state index >= 15 is 0 Å². The molecule has 0 aromatic carbocycles. The fourth-order valence-corrected chi connectivity index (χ4v) is 0.555. The van der Waals surface area contributed by atoms with Crippen LogP contribution in [0.4, 0.5) is 0 Å². The zero-order chi connectivity index (χ0) is 9.89. The SMILES string of the molecule is N[C@H](C(=O)O)C(C(=O)O)C(=O)O. The molecule has 68 valence electrons.